The third-order valence-electron chi connectivity index (χ3n) is 15.8. The van der Waals surface area contributed by atoms with Crippen LogP contribution in [0.25, 0.3) is 0 Å². The SMILES string of the molecule is COCCOCCOC1C[C@@H]2CC[C@@H](C)[C@@](OC)(O2)C(=O)C(O)N2CCCC[C@H]2C(=O)O[C@H]([C@H](C)C[C@@H]2CC[C@@H](O)[C@H](OC)C2)CC(=O)[C@H](C)/C=C(\C)[C@@H](OC)[C@@H](OC)C(=O)[C@H](C)C[C@H](C)/C=C/C=C/C=C/1C. The summed E-state index contributed by atoms with van der Waals surface area (Å²) in [5.74, 6) is -4.97. The number of piperidine rings is 1. The van der Waals surface area contributed by atoms with Crippen molar-refractivity contribution in [1.29, 1.82) is 0 Å². The van der Waals surface area contributed by atoms with E-state index in [4.69, 9.17) is 42.6 Å². The van der Waals surface area contributed by atoms with Crippen LogP contribution in [-0.2, 0) is 61.8 Å². The van der Waals surface area contributed by atoms with Crippen LogP contribution in [0.1, 0.15) is 126 Å². The molecule has 0 amide bonds. The molecular formula is C57H93NO15. The monoisotopic (exact) mass is 1030 g/mol. The van der Waals surface area contributed by atoms with E-state index in [9.17, 15) is 29.4 Å². The molecule has 3 fully saturated rings. The number of nitrogens with zero attached hydrogens (tertiary/aromatic N) is 1. The average molecular weight is 1030 g/mol. The molecule has 3 heterocycles. The summed E-state index contributed by atoms with van der Waals surface area (Å²) in [4.78, 5) is 59.5. The van der Waals surface area contributed by atoms with Crippen molar-refractivity contribution in [3.8, 4) is 0 Å². The van der Waals surface area contributed by atoms with E-state index in [-0.39, 0.29) is 54.3 Å². The first kappa shape index (κ1) is 62.5. The van der Waals surface area contributed by atoms with Crippen LogP contribution in [0.5, 0.6) is 0 Å². The van der Waals surface area contributed by atoms with Crippen molar-refractivity contribution in [2.24, 2.45) is 35.5 Å². The molecule has 0 radical (unpaired) electrons. The van der Waals surface area contributed by atoms with Gasteiger partial charge in [0.25, 0.3) is 0 Å². The molecular weight excluding hydrogens is 939 g/mol. The van der Waals surface area contributed by atoms with Gasteiger partial charge in [-0.15, -0.1) is 0 Å². The summed E-state index contributed by atoms with van der Waals surface area (Å²) in [6.07, 6.45) is 11.8. The zero-order valence-electron chi connectivity index (χ0n) is 46.3. The highest BCUT2D eigenvalue weighted by atomic mass is 16.7. The summed E-state index contributed by atoms with van der Waals surface area (Å²) in [5.41, 5.74) is 1.58. The van der Waals surface area contributed by atoms with Crippen LogP contribution < -0.4 is 0 Å². The first-order chi connectivity index (χ1) is 34.8. The molecule has 416 valence electrons. The minimum atomic E-state index is -1.82. The number of ether oxygens (including phenoxy) is 9. The summed E-state index contributed by atoms with van der Waals surface area (Å²) in [6, 6.07) is -0.990. The molecule has 4 aliphatic rings. The molecule has 3 aliphatic heterocycles. The van der Waals surface area contributed by atoms with Gasteiger partial charge >= 0.3 is 5.97 Å². The molecule has 0 aromatic carbocycles. The Kier molecular flexibility index (Phi) is 26.8. The molecule has 1 saturated carbocycles. The molecule has 2 saturated heterocycles. The minimum absolute atomic E-state index is 0.0520. The lowest BCUT2D eigenvalue weighted by atomic mass is 9.78. The number of cyclic esters (lactones) is 1. The molecule has 16 heteroatoms. The van der Waals surface area contributed by atoms with Crippen molar-refractivity contribution in [1.82, 2.24) is 4.90 Å². The van der Waals surface area contributed by atoms with Crippen molar-refractivity contribution in [3.63, 3.8) is 0 Å². The number of allylic oxidation sites excluding steroid dienone is 6. The Labute approximate surface area is 436 Å². The Bertz CT molecular complexity index is 1850. The van der Waals surface area contributed by atoms with E-state index in [1.54, 1.807) is 27.2 Å². The van der Waals surface area contributed by atoms with Crippen LogP contribution in [0, 0.1) is 35.5 Å². The maximum absolute atomic E-state index is 14.9. The Morgan fingerprint density at radius 1 is 0.795 bits per heavy atom. The zero-order chi connectivity index (χ0) is 53.8. The number of methoxy groups -OCH3 is 5. The second kappa shape index (κ2) is 31.3. The topological polar surface area (TPSA) is 195 Å². The first-order valence-electron chi connectivity index (χ1n) is 27.0. The molecule has 0 aromatic heterocycles. The van der Waals surface area contributed by atoms with E-state index in [1.807, 2.05) is 58.9 Å². The van der Waals surface area contributed by atoms with E-state index in [0.717, 1.165) is 12.0 Å². The lowest BCUT2D eigenvalue weighted by molar-refractivity contribution is -0.286. The lowest BCUT2D eigenvalue weighted by Gasteiger charge is -2.46. The van der Waals surface area contributed by atoms with Crippen molar-refractivity contribution in [3.05, 3.63) is 47.6 Å². The largest absolute Gasteiger partial charge is 0.460 e. The number of Topliss-reactive ketones (excluding diaryl/α,β-unsaturated/α-hetero) is 3. The summed E-state index contributed by atoms with van der Waals surface area (Å²) in [6.45, 7) is 15.2. The third kappa shape index (κ3) is 17.8. The number of aliphatic hydroxyl groups excluding tert-OH is 2. The number of rotatable bonds is 14. The van der Waals surface area contributed by atoms with E-state index < -0.39 is 78.3 Å². The van der Waals surface area contributed by atoms with Crippen LogP contribution in [0.3, 0.4) is 0 Å². The molecule has 2 N–H and O–H groups in total. The molecule has 4 rings (SSSR count). The van der Waals surface area contributed by atoms with Crippen LogP contribution >= 0.6 is 0 Å². The van der Waals surface area contributed by atoms with Crippen LogP contribution in [0.15, 0.2) is 47.6 Å². The fourth-order valence-electron chi connectivity index (χ4n) is 11.3. The average Bonchev–Trinajstić information content (AvgIpc) is 3.37. The molecule has 73 heavy (non-hydrogen) atoms. The number of hydrogen-bond donors (Lipinski definition) is 2. The fraction of sp³-hybridized carbons (Fsp3) is 0.789. The van der Waals surface area contributed by atoms with Crippen molar-refractivity contribution in [2.75, 3.05) is 68.5 Å². The number of hydrogen-bond acceptors (Lipinski definition) is 16. The molecule has 16 nitrogen and oxygen atoms in total. The van der Waals surface area contributed by atoms with Gasteiger partial charge in [-0.3, -0.25) is 24.1 Å². The predicted molar refractivity (Wildman–Crippen MR) is 277 cm³/mol. The highest BCUT2D eigenvalue weighted by Gasteiger charge is 2.54. The standard InChI is InChI=1S/C57H93NO15/c1-36-18-14-13-15-19-37(2)48(71-29-28-70-27-26-65-8)34-44-23-21-42(7)57(69-12,73-44)54(62)55(63)58-25-17-16-20-45(58)56(64)72-49(39(4)32-43-22-24-46(59)50(33-43)66-9)35-47(60)38(3)31-41(6)52(67-10)53(68-11)51(61)40(5)30-36/h13-15,18-19,31,36,38-40,42-46,48-50,52-53,55,59,63H,16-17,20-30,32-35H2,1-12H3/b15-13+,18-14+,37-19+,41-31+/t36-,38-,39-,40-,42-,43+,44+,45+,46-,48?,49+,50-,52-,53+,55?,57-/m1/s1. The van der Waals surface area contributed by atoms with Crippen molar-refractivity contribution < 1.29 is 72.0 Å². The Hall–Kier alpha value is -3.00. The first-order valence-corrected chi connectivity index (χ1v) is 27.0. The summed E-state index contributed by atoms with van der Waals surface area (Å²) >= 11 is 0. The molecule has 16 atom stereocenters. The minimum Gasteiger partial charge on any atom is -0.460 e. The maximum Gasteiger partial charge on any atom is 0.323 e. The van der Waals surface area contributed by atoms with Gasteiger partial charge in [0, 0.05) is 72.7 Å². The number of esters is 1. The summed E-state index contributed by atoms with van der Waals surface area (Å²) in [5, 5.41) is 22.8. The van der Waals surface area contributed by atoms with Gasteiger partial charge in [-0.25, -0.2) is 0 Å². The van der Waals surface area contributed by atoms with Crippen LogP contribution in [0.4, 0.5) is 0 Å². The van der Waals surface area contributed by atoms with Gasteiger partial charge < -0.3 is 52.8 Å². The van der Waals surface area contributed by atoms with Gasteiger partial charge in [0.1, 0.15) is 30.1 Å². The highest BCUT2D eigenvalue weighted by Crippen LogP contribution is 2.40. The van der Waals surface area contributed by atoms with Gasteiger partial charge in [-0.2, -0.15) is 0 Å². The van der Waals surface area contributed by atoms with E-state index >= 15 is 0 Å². The van der Waals surface area contributed by atoms with Crippen LogP contribution in [0.2, 0.25) is 0 Å². The van der Waals surface area contributed by atoms with Gasteiger partial charge in [0.15, 0.2) is 12.0 Å². The normalized spacial score (nSPS) is 38.5. The van der Waals surface area contributed by atoms with E-state index in [2.05, 4.69) is 13.0 Å². The van der Waals surface area contributed by atoms with E-state index in [0.29, 0.717) is 96.2 Å². The second-order valence-corrected chi connectivity index (χ2v) is 21.4. The molecule has 1 aliphatic carbocycles. The summed E-state index contributed by atoms with van der Waals surface area (Å²) < 4.78 is 53.8. The number of aliphatic hydroxyl groups is 2. The second-order valence-electron chi connectivity index (χ2n) is 21.4. The number of fused-ring (bicyclic) bond motifs is 3. The number of carbonyl (C=O) groups excluding carboxylic acids is 4. The smallest absolute Gasteiger partial charge is 0.323 e. The van der Waals surface area contributed by atoms with E-state index in [1.165, 1.54) is 26.2 Å². The molecule has 0 spiro atoms. The Morgan fingerprint density at radius 2 is 1.52 bits per heavy atom. The predicted octanol–water partition coefficient (Wildman–Crippen LogP) is 7.31. The number of carbonyl (C=O) groups is 4. The molecule has 0 aromatic rings. The molecule has 2 bridgehead atoms. The zero-order valence-corrected chi connectivity index (χ0v) is 46.3. The maximum atomic E-state index is 14.9. The highest BCUT2D eigenvalue weighted by molar-refractivity contribution is 5.91. The molecule has 2 unspecified atom stereocenters. The lowest BCUT2D eigenvalue weighted by Crippen LogP contribution is -2.63. The van der Waals surface area contributed by atoms with Crippen molar-refractivity contribution >= 4 is 23.3 Å². The quantitative estimate of drug-likeness (QED) is 0.0998. The van der Waals surface area contributed by atoms with Gasteiger partial charge in [0.05, 0.1) is 50.8 Å². The Balaban J connectivity index is 1.74. The third-order valence-corrected chi connectivity index (χ3v) is 15.8. The summed E-state index contributed by atoms with van der Waals surface area (Å²) in [7, 11) is 7.64. The van der Waals surface area contributed by atoms with Gasteiger partial charge in [-0.05, 0) is 101 Å². The van der Waals surface area contributed by atoms with Crippen LogP contribution in [-0.4, -0.2) is 168 Å². The number of ketones is 3. The fourth-order valence-corrected chi connectivity index (χ4v) is 11.3. The van der Waals surface area contributed by atoms with Crippen molar-refractivity contribution in [2.45, 2.75) is 186 Å². The van der Waals surface area contributed by atoms with Gasteiger partial charge in [0.2, 0.25) is 11.6 Å². The Morgan fingerprint density at radius 3 is 2.21 bits per heavy atom. The van der Waals surface area contributed by atoms with Gasteiger partial charge in [-0.1, -0.05) is 77.5 Å².